The van der Waals surface area contributed by atoms with E-state index >= 15 is 0 Å². The van der Waals surface area contributed by atoms with Crippen LogP contribution in [0.25, 0.3) is 6.08 Å². The van der Waals surface area contributed by atoms with Gasteiger partial charge in [-0.15, -0.1) is 0 Å². The van der Waals surface area contributed by atoms with Gasteiger partial charge in [0, 0.05) is 17.3 Å². The van der Waals surface area contributed by atoms with Gasteiger partial charge in [0.25, 0.3) is 0 Å². The van der Waals surface area contributed by atoms with Gasteiger partial charge in [0.05, 0.1) is 20.8 Å². The summed E-state index contributed by atoms with van der Waals surface area (Å²) in [6.45, 7) is 5.49. The van der Waals surface area contributed by atoms with Crippen molar-refractivity contribution in [3.8, 4) is 11.5 Å². The van der Waals surface area contributed by atoms with E-state index in [1.165, 1.54) is 6.08 Å². The Morgan fingerprint density at radius 1 is 1.08 bits per heavy atom. The monoisotopic (exact) mass is 357 g/mol. The molecule has 6 heteroatoms. The molecule has 0 radical (unpaired) electrons. The van der Waals surface area contributed by atoms with Crippen LogP contribution in [0, 0.1) is 13.8 Å². The number of rotatable bonds is 7. The van der Waals surface area contributed by atoms with E-state index in [1.807, 2.05) is 0 Å². The van der Waals surface area contributed by atoms with Crippen molar-refractivity contribution in [3.05, 3.63) is 52.4 Å². The first-order valence-electron chi connectivity index (χ1n) is 8.23. The van der Waals surface area contributed by atoms with Gasteiger partial charge in [-0.3, -0.25) is 4.79 Å². The smallest absolute Gasteiger partial charge is 0.355 e. The van der Waals surface area contributed by atoms with Gasteiger partial charge in [-0.05, 0) is 50.1 Å². The van der Waals surface area contributed by atoms with Crippen molar-refractivity contribution in [2.24, 2.45) is 0 Å². The summed E-state index contributed by atoms with van der Waals surface area (Å²) >= 11 is 0. The van der Waals surface area contributed by atoms with Crippen LogP contribution in [-0.4, -0.2) is 37.6 Å². The number of hydrogen-bond acceptors (Lipinski definition) is 5. The molecule has 0 saturated carbocycles. The van der Waals surface area contributed by atoms with Crippen molar-refractivity contribution in [1.82, 2.24) is 4.98 Å². The highest BCUT2D eigenvalue weighted by Gasteiger charge is 2.21. The molecule has 26 heavy (non-hydrogen) atoms. The molecule has 0 aliphatic carbocycles. The molecule has 2 aromatic rings. The molecule has 0 atom stereocenters. The van der Waals surface area contributed by atoms with Crippen LogP contribution in [0.2, 0.25) is 0 Å². The topological polar surface area (TPSA) is 77.6 Å². The van der Waals surface area contributed by atoms with Crippen LogP contribution < -0.4 is 9.47 Å². The van der Waals surface area contributed by atoms with Crippen LogP contribution in [-0.2, 0) is 4.74 Å². The lowest BCUT2D eigenvalue weighted by molar-refractivity contribution is 0.0519. The summed E-state index contributed by atoms with van der Waals surface area (Å²) in [5.74, 6) is 0.604. The van der Waals surface area contributed by atoms with Crippen LogP contribution in [0.5, 0.6) is 11.5 Å². The van der Waals surface area contributed by atoms with Crippen LogP contribution in [0.1, 0.15) is 44.6 Å². The second-order valence-electron chi connectivity index (χ2n) is 5.69. The average Bonchev–Trinajstić information content (AvgIpc) is 2.94. The number of nitrogens with one attached hydrogen (secondary N) is 1. The van der Waals surface area contributed by atoms with Crippen LogP contribution >= 0.6 is 0 Å². The number of carbonyl (C=O) groups is 2. The zero-order valence-corrected chi connectivity index (χ0v) is 15.6. The number of aryl methyl sites for hydroxylation is 1. The highest BCUT2D eigenvalue weighted by atomic mass is 16.5. The Bertz CT molecular complexity index is 826. The average molecular weight is 357 g/mol. The summed E-state index contributed by atoms with van der Waals surface area (Å²) in [5.41, 5.74) is 2.76. The Balaban J connectivity index is 2.30. The fraction of sp³-hybridized carbons (Fsp3) is 0.300. The van der Waals surface area contributed by atoms with Crippen LogP contribution in [0.4, 0.5) is 0 Å². The van der Waals surface area contributed by atoms with Crippen molar-refractivity contribution < 1.29 is 23.8 Å². The van der Waals surface area contributed by atoms with Gasteiger partial charge in [0.2, 0.25) is 0 Å². The van der Waals surface area contributed by atoms with E-state index in [0.717, 1.165) is 5.56 Å². The third-order valence-corrected chi connectivity index (χ3v) is 3.96. The maximum absolute atomic E-state index is 12.6. The Morgan fingerprint density at radius 3 is 2.23 bits per heavy atom. The zero-order valence-electron chi connectivity index (χ0n) is 15.6. The number of aromatic nitrogens is 1. The third kappa shape index (κ3) is 4.14. The minimum absolute atomic E-state index is 0.200. The molecule has 0 spiro atoms. The van der Waals surface area contributed by atoms with E-state index < -0.39 is 5.97 Å². The second kappa shape index (κ2) is 8.38. The van der Waals surface area contributed by atoms with Crippen molar-refractivity contribution >= 4 is 17.8 Å². The van der Waals surface area contributed by atoms with E-state index in [2.05, 4.69) is 4.98 Å². The predicted octanol–water partition coefficient (Wildman–Crippen LogP) is 3.72. The third-order valence-electron chi connectivity index (χ3n) is 3.96. The Hall–Kier alpha value is -3.02. The molecule has 1 aromatic heterocycles. The molecule has 1 N–H and O–H groups in total. The standard InChI is InChI=1S/C20H23NO5/c1-6-26-20(23)19-12(2)18(13(3)21-19)17(22)8-7-14-9-15(24-4)11-16(10-14)25-5/h7-11,21H,6H2,1-5H3/b8-7+. The summed E-state index contributed by atoms with van der Waals surface area (Å²) in [6.07, 6.45) is 3.15. The summed E-state index contributed by atoms with van der Waals surface area (Å²) in [6, 6.07) is 5.35. The van der Waals surface area contributed by atoms with Crippen molar-refractivity contribution in [3.63, 3.8) is 0 Å². The highest BCUT2D eigenvalue weighted by Crippen LogP contribution is 2.24. The summed E-state index contributed by atoms with van der Waals surface area (Å²) in [5, 5.41) is 0. The molecule has 1 heterocycles. The first-order valence-corrected chi connectivity index (χ1v) is 8.23. The lowest BCUT2D eigenvalue weighted by atomic mass is 10.0. The van der Waals surface area contributed by atoms with Gasteiger partial charge in [0.15, 0.2) is 5.78 Å². The van der Waals surface area contributed by atoms with E-state index in [4.69, 9.17) is 14.2 Å². The Kier molecular flexibility index (Phi) is 6.22. The minimum atomic E-state index is -0.464. The molecule has 0 bridgehead atoms. The molecule has 0 aliphatic heterocycles. The molecule has 0 unspecified atom stereocenters. The number of esters is 1. The predicted molar refractivity (Wildman–Crippen MR) is 99.1 cm³/mol. The minimum Gasteiger partial charge on any atom is -0.497 e. The van der Waals surface area contributed by atoms with Crippen molar-refractivity contribution in [2.75, 3.05) is 20.8 Å². The fourth-order valence-corrected chi connectivity index (χ4v) is 2.71. The summed E-state index contributed by atoms with van der Waals surface area (Å²) < 4.78 is 15.5. The SMILES string of the molecule is CCOC(=O)c1[nH]c(C)c(C(=O)/C=C/c2cc(OC)cc(OC)c2)c1C. The molecule has 138 valence electrons. The molecule has 0 aliphatic rings. The van der Waals surface area contributed by atoms with Gasteiger partial charge >= 0.3 is 5.97 Å². The van der Waals surface area contributed by atoms with Crippen molar-refractivity contribution in [1.29, 1.82) is 0 Å². The normalized spacial score (nSPS) is 10.8. The quantitative estimate of drug-likeness (QED) is 0.464. The van der Waals surface area contributed by atoms with Gasteiger partial charge in [-0.2, -0.15) is 0 Å². The number of carbonyl (C=O) groups excluding carboxylic acids is 2. The molecule has 6 nitrogen and oxygen atoms in total. The number of benzene rings is 1. The summed E-state index contributed by atoms with van der Waals surface area (Å²) in [4.78, 5) is 27.5. The van der Waals surface area contributed by atoms with Gasteiger partial charge < -0.3 is 19.2 Å². The molecule has 1 aromatic carbocycles. The number of aromatic amines is 1. The molecular weight excluding hydrogens is 334 g/mol. The lowest BCUT2D eigenvalue weighted by Gasteiger charge is -2.05. The Labute approximate surface area is 152 Å². The lowest BCUT2D eigenvalue weighted by Crippen LogP contribution is -2.07. The second-order valence-corrected chi connectivity index (χ2v) is 5.69. The maximum Gasteiger partial charge on any atom is 0.355 e. The number of hydrogen-bond donors (Lipinski definition) is 1. The van der Waals surface area contributed by atoms with Crippen LogP contribution in [0.3, 0.4) is 0 Å². The first kappa shape index (κ1) is 19.3. The number of methoxy groups -OCH3 is 2. The molecule has 0 fully saturated rings. The molecular formula is C20H23NO5. The Morgan fingerprint density at radius 2 is 1.69 bits per heavy atom. The number of H-pyrrole nitrogens is 1. The molecule has 2 rings (SSSR count). The van der Waals surface area contributed by atoms with Gasteiger partial charge in [-0.1, -0.05) is 6.08 Å². The first-order chi connectivity index (χ1) is 12.4. The maximum atomic E-state index is 12.6. The van der Waals surface area contributed by atoms with E-state index in [0.29, 0.717) is 34.0 Å². The van der Waals surface area contributed by atoms with Gasteiger partial charge in [0.1, 0.15) is 17.2 Å². The fourth-order valence-electron chi connectivity index (χ4n) is 2.71. The highest BCUT2D eigenvalue weighted by molar-refractivity contribution is 6.10. The van der Waals surface area contributed by atoms with E-state index in [1.54, 1.807) is 59.3 Å². The zero-order chi connectivity index (χ0) is 19.3. The number of ether oxygens (including phenoxy) is 3. The molecule has 0 amide bonds. The van der Waals surface area contributed by atoms with Crippen molar-refractivity contribution in [2.45, 2.75) is 20.8 Å². The number of ketones is 1. The number of allylic oxidation sites excluding steroid dienone is 1. The van der Waals surface area contributed by atoms with Crippen LogP contribution in [0.15, 0.2) is 24.3 Å². The van der Waals surface area contributed by atoms with Gasteiger partial charge in [-0.25, -0.2) is 4.79 Å². The van der Waals surface area contributed by atoms with E-state index in [-0.39, 0.29) is 12.4 Å². The van der Waals surface area contributed by atoms with E-state index in [9.17, 15) is 9.59 Å². The summed E-state index contributed by atoms with van der Waals surface area (Å²) in [7, 11) is 3.13. The molecule has 0 saturated heterocycles. The largest absolute Gasteiger partial charge is 0.497 e.